The van der Waals surface area contributed by atoms with Crippen LogP contribution in [0.15, 0.2) is 23.1 Å². The lowest BCUT2D eigenvalue weighted by molar-refractivity contribution is 0.0901. The Morgan fingerprint density at radius 1 is 1.33 bits per heavy atom. The highest BCUT2D eigenvalue weighted by Gasteiger charge is 2.32. The van der Waals surface area contributed by atoms with E-state index in [0.29, 0.717) is 5.25 Å². The topological polar surface area (TPSA) is 38.3 Å². The number of fused-ring (bicyclic) bond motifs is 2. The molecule has 1 aromatic rings. The van der Waals surface area contributed by atoms with Crippen LogP contribution in [0.2, 0.25) is 0 Å². The first-order valence-corrected chi connectivity index (χ1v) is 7.36. The number of carbonyl (C=O) groups excluding carboxylic acids is 1. The van der Waals surface area contributed by atoms with Gasteiger partial charge in [0.2, 0.25) is 0 Å². The van der Waals surface area contributed by atoms with Crippen molar-refractivity contribution in [1.29, 1.82) is 0 Å². The molecule has 4 heteroatoms. The quantitative estimate of drug-likeness (QED) is 0.770. The Balaban J connectivity index is 1.97. The maximum absolute atomic E-state index is 11.8. The minimum atomic E-state index is -0.306. The van der Waals surface area contributed by atoms with Crippen molar-refractivity contribution in [1.82, 2.24) is 0 Å². The van der Waals surface area contributed by atoms with E-state index in [1.54, 1.807) is 0 Å². The summed E-state index contributed by atoms with van der Waals surface area (Å²) < 4.78 is 5.52. The fourth-order valence-electron chi connectivity index (χ4n) is 2.67. The number of amides is 1. The molecule has 1 fully saturated rings. The lowest BCUT2D eigenvalue weighted by Crippen LogP contribution is -2.35. The molecule has 1 aliphatic carbocycles. The second kappa shape index (κ2) is 4.84. The van der Waals surface area contributed by atoms with Crippen molar-refractivity contribution in [3.8, 4) is 0 Å². The molecule has 3 rings (SSSR count). The fourth-order valence-corrected chi connectivity index (χ4v) is 4.10. The molecule has 1 aliphatic heterocycles. The molecule has 1 N–H and O–H groups in total. The first kappa shape index (κ1) is 11.9. The number of hydrogen-bond donors (Lipinski definition) is 1. The molecule has 0 aromatic heterocycles. The minimum Gasteiger partial charge on any atom is -0.445 e. The largest absolute Gasteiger partial charge is 0.445 e. The maximum atomic E-state index is 11.8. The van der Waals surface area contributed by atoms with Crippen LogP contribution in [0.25, 0.3) is 0 Å². The smallest absolute Gasteiger partial charge is 0.411 e. The monoisotopic (exact) mass is 263 g/mol. The Labute approximate surface area is 111 Å². The van der Waals surface area contributed by atoms with Gasteiger partial charge < -0.3 is 4.74 Å². The molecule has 0 unspecified atom stereocenters. The molecule has 18 heavy (non-hydrogen) atoms. The predicted octanol–water partition coefficient (Wildman–Crippen LogP) is 3.96. The summed E-state index contributed by atoms with van der Waals surface area (Å²) >= 11 is 1.86. The number of aryl methyl sites for hydroxylation is 1. The summed E-state index contributed by atoms with van der Waals surface area (Å²) in [5, 5.41) is 3.26. The molecule has 1 amide bonds. The second-order valence-corrected chi connectivity index (χ2v) is 6.21. The molecular formula is C14H17NO2S. The maximum Gasteiger partial charge on any atom is 0.411 e. The van der Waals surface area contributed by atoms with Crippen molar-refractivity contribution in [2.75, 3.05) is 5.32 Å². The third-order valence-corrected chi connectivity index (χ3v) is 5.24. The highest BCUT2D eigenvalue weighted by molar-refractivity contribution is 8.00. The van der Waals surface area contributed by atoms with E-state index in [0.717, 1.165) is 24.9 Å². The van der Waals surface area contributed by atoms with Gasteiger partial charge in [0.05, 0.1) is 5.69 Å². The summed E-state index contributed by atoms with van der Waals surface area (Å²) in [5.41, 5.74) is 2.11. The molecule has 0 spiro atoms. The number of rotatable bonds is 0. The van der Waals surface area contributed by atoms with Gasteiger partial charge in [0.25, 0.3) is 0 Å². The molecule has 1 heterocycles. The van der Waals surface area contributed by atoms with Crippen LogP contribution >= 0.6 is 11.8 Å². The van der Waals surface area contributed by atoms with Gasteiger partial charge in [-0.25, -0.2) is 4.79 Å². The highest BCUT2D eigenvalue weighted by Crippen LogP contribution is 2.41. The Morgan fingerprint density at radius 3 is 3.06 bits per heavy atom. The fraction of sp³-hybridized carbons (Fsp3) is 0.500. The summed E-state index contributed by atoms with van der Waals surface area (Å²) in [5.74, 6) is 0. The van der Waals surface area contributed by atoms with Crippen molar-refractivity contribution < 1.29 is 9.53 Å². The van der Waals surface area contributed by atoms with E-state index in [1.165, 1.54) is 16.9 Å². The first-order valence-electron chi connectivity index (χ1n) is 6.48. The highest BCUT2D eigenvalue weighted by atomic mass is 32.2. The Kier molecular flexibility index (Phi) is 3.20. The van der Waals surface area contributed by atoms with Gasteiger partial charge in [0.1, 0.15) is 6.10 Å². The van der Waals surface area contributed by atoms with Crippen LogP contribution in [-0.4, -0.2) is 17.4 Å². The molecule has 1 aromatic carbocycles. The summed E-state index contributed by atoms with van der Waals surface area (Å²) in [6.45, 7) is 2.10. The van der Waals surface area contributed by atoms with E-state index in [9.17, 15) is 4.79 Å². The zero-order valence-electron chi connectivity index (χ0n) is 10.4. The van der Waals surface area contributed by atoms with Gasteiger partial charge in [-0.3, -0.25) is 5.32 Å². The zero-order valence-corrected chi connectivity index (χ0v) is 11.3. The van der Waals surface area contributed by atoms with Gasteiger partial charge in [-0.1, -0.05) is 18.6 Å². The van der Waals surface area contributed by atoms with E-state index >= 15 is 0 Å². The molecular weight excluding hydrogens is 246 g/mol. The summed E-state index contributed by atoms with van der Waals surface area (Å²) in [6.07, 6.45) is 4.29. The molecule has 0 radical (unpaired) electrons. The SMILES string of the molecule is Cc1cccc2c1S[C@@H]1CCCC[C@@H]1OC(=O)N2. The third-order valence-electron chi connectivity index (χ3n) is 3.62. The number of nitrogens with one attached hydrogen (secondary N) is 1. The predicted molar refractivity (Wildman–Crippen MR) is 73.2 cm³/mol. The number of hydrogen-bond acceptors (Lipinski definition) is 3. The van der Waals surface area contributed by atoms with Gasteiger partial charge in [-0.2, -0.15) is 0 Å². The molecule has 1 saturated carbocycles. The number of benzene rings is 1. The second-order valence-electron chi connectivity index (χ2n) is 4.96. The summed E-state index contributed by atoms with van der Waals surface area (Å²) in [4.78, 5) is 13.0. The number of anilines is 1. The van der Waals surface area contributed by atoms with Crippen LogP contribution in [-0.2, 0) is 4.74 Å². The van der Waals surface area contributed by atoms with Crippen molar-refractivity contribution in [2.45, 2.75) is 48.9 Å². The number of thioether (sulfide) groups is 1. The molecule has 2 aliphatic rings. The van der Waals surface area contributed by atoms with Crippen molar-refractivity contribution >= 4 is 23.5 Å². The van der Waals surface area contributed by atoms with Crippen molar-refractivity contribution in [2.24, 2.45) is 0 Å². The van der Waals surface area contributed by atoms with E-state index in [4.69, 9.17) is 4.74 Å². The van der Waals surface area contributed by atoms with Crippen LogP contribution in [0, 0.1) is 6.92 Å². The van der Waals surface area contributed by atoms with Crippen LogP contribution in [0.5, 0.6) is 0 Å². The van der Waals surface area contributed by atoms with Crippen molar-refractivity contribution in [3.63, 3.8) is 0 Å². The molecule has 96 valence electrons. The van der Waals surface area contributed by atoms with Gasteiger partial charge >= 0.3 is 6.09 Å². The number of ether oxygens (including phenoxy) is 1. The Morgan fingerprint density at radius 2 is 2.17 bits per heavy atom. The van der Waals surface area contributed by atoms with Crippen molar-refractivity contribution in [3.05, 3.63) is 23.8 Å². The van der Waals surface area contributed by atoms with Gasteiger partial charge in [0, 0.05) is 10.1 Å². The molecule has 0 bridgehead atoms. The van der Waals surface area contributed by atoms with Crippen LogP contribution in [0.1, 0.15) is 31.2 Å². The average Bonchev–Trinajstić information content (AvgIpc) is 2.33. The van der Waals surface area contributed by atoms with Gasteiger partial charge in [0.15, 0.2) is 0 Å². The molecule has 0 saturated heterocycles. The minimum absolute atomic E-state index is 0.0662. The lowest BCUT2D eigenvalue weighted by atomic mass is 9.97. The van der Waals surface area contributed by atoms with Crippen LogP contribution in [0.3, 0.4) is 0 Å². The van der Waals surface area contributed by atoms with E-state index in [2.05, 4.69) is 18.3 Å². The molecule has 3 nitrogen and oxygen atoms in total. The Hall–Kier alpha value is -1.16. The van der Waals surface area contributed by atoms with Gasteiger partial charge in [-0.15, -0.1) is 11.8 Å². The van der Waals surface area contributed by atoms with E-state index in [1.807, 2.05) is 23.9 Å². The first-order chi connectivity index (χ1) is 8.74. The summed E-state index contributed by atoms with van der Waals surface area (Å²) in [7, 11) is 0. The van der Waals surface area contributed by atoms with Crippen LogP contribution < -0.4 is 5.32 Å². The van der Waals surface area contributed by atoms with E-state index < -0.39 is 0 Å². The average molecular weight is 263 g/mol. The normalized spacial score (nSPS) is 27.1. The molecule has 2 atom stereocenters. The van der Waals surface area contributed by atoms with Gasteiger partial charge in [-0.05, 0) is 37.8 Å². The Bertz CT molecular complexity index is 475. The number of carbonyl (C=O) groups is 1. The lowest BCUT2D eigenvalue weighted by Gasteiger charge is -2.33. The third kappa shape index (κ3) is 2.21. The van der Waals surface area contributed by atoms with E-state index in [-0.39, 0.29) is 12.2 Å². The zero-order chi connectivity index (χ0) is 12.5. The van der Waals surface area contributed by atoms with Crippen LogP contribution in [0.4, 0.5) is 10.5 Å². The summed E-state index contributed by atoms with van der Waals surface area (Å²) in [6, 6.07) is 6.01. The standard InChI is InChI=1S/C14H17NO2S/c1-9-5-4-6-10-13(9)18-12-8-3-2-7-11(12)17-14(16)15-10/h4-6,11-12H,2-3,7-8H2,1H3,(H,15,16)/t11-,12+/m0/s1.